The summed E-state index contributed by atoms with van der Waals surface area (Å²) in [5.41, 5.74) is 0.683. The highest BCUT2D eigenvalue weighted by Gasteiger charge is 2.28. The zero-order valence-corrected chi connectivity index (χ0v) is 11.8. The van der Waals surface area contributed by atoms with Gasteiger partial charge in [0, 0.05) is 31.4 Å². The Morgan fingerprint density at radius 3 is 3.00 bits per heavy atom. The molecule has 1 saturated heterocycles. The molecule has 1 aliphatic rings. The van der Waals surface area contributed by atoms with Crippen LogP contribution in [0.1, 0.15) is 46.5 Å². The number of imidazole rings is 1. The van der Waals surface area contributed by atoms with Gasteiger partial charge in [0.1, 0.15) is 17.3 Å². The van der Waals surface area contributed by atoms with Crippen LogP contribution in [-0.2, 0) is 0 Å². The van der Waals surface area contributed by atoms with Gasteiger partial charge in [-0.25, -0.2) is 4.98 Å². The second-order valence-corrected chi connectivity index (χ2v) is 5.39. The van der Waals surface area contributed by atoms with E-state index in [-0.39, 0.29) is 5.91 Å². The summed E-state index contributed by atoms with van der Waals surface area (Å²) in [5, 5.41) is 0. The van der Waals surface area contributed by atoms with Gasteiger partial charge < -0.3 is 14.3 Å². The molecular weight excluding hydrogens is 254 g/mol. The lowest BCUT2D eigenvalue weighted by atomic mass is 9.96. The Hall–Kier alpha value is -2.04. The van der Waals surface area contributed by atoms with Crippen LogP contribution in [0.15, 0.2) is 22.9 Å². The summed E-state index contributed by atoms with van der Waals surface area (Å²) >= 11 is 0. The Morgan fingerprint density at radius 1 is 1.50 bits per heavy atom. The fraction of sp³-hybridized carbons (Fsp3) is 0.467. The maximum Gasteiger partial charge on any atom is 0.257 e. The van der Waals surface area contributed by atoms with Crippen LogP contribution in [0.4, 0.5) is 0 Å². The molecule has 0 spiro atoms. The molecule has 20 heavy (non-hydrogen) atoms. The summed E-state index contributed by atoms with van der Waals surface area (Å²) in [5.74, 6) is 2.83. The average molecular weight is 273 g/mol. The maximum atomic E-state index is 12.6. The monoisotopic (exact) mass is 273 g/mol. The summed E-state index contributed by atoms with van der Waals surface area (Å²) in [6.07, 6.45) is 5.67. The minimum absolute atomic E-state index is 0.0654. The number of nitrogens with one attached hydrogen (secondary N) is 1. The predicted molar refractivity (Wildman–Crippen MR) is 74.6 cm³/mol. The lowest BCUT2D eigenvalue weighted by Crippen LogP contribution is -2.39. The van der Waals surface area contributed by atoms with Gasteiger partial charge in [-0.1, -0.05) is 0 Å². The van der Waals surface area contributed by atoms with Gasteiger partial charge in [0.15, 0.2) is 0 Å². The Labute approximate surface area is 118 Å². The van der Waals surface area contributed by atoms with Gasteiger partial charge in [0.25, 0.3) is 5.91 Å². The number of hydrogen-bond acceptors (Lipinski definition) is 3. The third kappa shape index (κ3) is 2.35. The molecule has 3 rings (SSSR count). The number of hydrogen-bond donors (Lipinski definition) is 1. The molecule has 2 aromatic heterocycles. The second-order valence-electron chi connectivity index (χ2n) is 5.39. The van der Waals surface area contributed by atoms with E-state index in [0.29, 0.717) is 17.2 Å². The molecule has 5 nitrogen and oxygen atoms in total. The van der Waals surface area contributed by atoms with Crippen molar-refractivity contribution < 1.29 is 9.21 Å². The zero-order valence-electron chi connectivity index (χ0n) is 11.8. The van der Waals surface area contributed by atoms with Crippen LogP contribution >= 0.6 is 0 Å². The first-order valence-electron chi connectivity index (χ1n) is 7.00. The van der Waals surface area contributed by atoms with Crippen molar-refractivity contribution in [3.05, 3.63) is 41.4 Å². The summed E-state index contributed by atoms with van der Waals surface area (Å²) < 4.78 is 5.46. The van der Waals surface area contributed by atoms with Crippen molar-refractivity contribution in [3.8, 4) is 0 Å². The van der Waals surface area contributed by atoms with Crippen molar-refractivity contribution in [2.45, 2.75) is 32.6 Å². The number of piperidine rings is 1. The Balaban J connectivity index is 1.77. The quantitative estimate of drug-likeness (QED) is 0.915. The van der Waals surface area contributed by atoms with E-state index in [0.717, 1.165) is 37.5 Å². The Morgan fingerprint density at radius 2 is 2.35 bits per heavy atom. The molecule has 1 N–H and O–H groups in total. The molecule has 0 unspecified atom stereocenters. The minimum atomic E-state index is 0.0654. The maximum absolute atomic E-state index is 12.6. The number of aryl methyl sites for hydroxylation is 2. The molecule has 0 radical (unpaired) electrons. The number of aromatic amines is 1. The number of likely N-dealkylation sites (tertiary alicyclic amines) is 1. The van der Waals surface area contributed by atoms with Crippen molar-refractivity contribution in [1.82, 2.24) is 14.9 Å². The number of amides is 1. The SMILES string of the molecule is Cc1cc(C(=O)N2CCC[C@H](c3ncc[nH]3)C2)c(C)o1. The number of carbonyl (C=O) groups excluding carboxylic acids is 1. The van der Waals surface area contributed by atoms with Crippen molar-refractivity contribution in [2.24, 2.45) is 0 Å². The van der Waals surface area contributed by atoms with Gasteiger partial charge >= 0.3 is 0 Å². The zero-order chi connectivity index (χ0) is 14.1. The number of nitrogens with zero attached hydrogens (tertiary/aromatic N) is 2. The van der Waals surface area contributed by atoms with E-state index in [1.807, 2.05) is 31.0 Å². The average Bonchev–Trinajstić information content (AvgIpc) is 3.08. The van der Waals surface area contributed by atoms with E-state index >= 15 is 0 Å². The summed E-state index contributed by atoms with van der Waals surface area (Å²) in [4.78, 5) is 22.0. The van der Waals surface area contributed by atoms with Crippen molar-refractivity contribution in [1.29, 1.82) is 0 Å². The highest BCUT2D eigenvalue weighted by atomic mass is 16.3. The molecule has 106 valence electrons. The first-order chi connectivity index (χ1) is 9.65. The van der Waals surface area contributed by atoms with Crippen LogP contribution in [0.25, 0.3) is 0 Å². The Bertz CT molecular complexity index is 601. The standard InChI is InChI=1S/C15H19N3O2/c1-10-8-13(11(2)20-10)15(19)18-7-3-4-12(9-18)14-16-5-6-17-14/h5-6,8,12H,3-4,7,9H2,1-2H3,(H,16,17)/t12-/m0/s1. The van der Waals surface area contributed by atoms with E-state index in [4.69, 9.17) is 4.42 Å². The van der Waals surface area contributed by atoms with Gasteiger partial charge in [0.2, 0.25) is 0 Å². The summed E-state index contributed by atoms with van der Waals surface area (Å²) in [6.45, 7) is 5.23. The molecule has 1 atom stereocenters. The van der Waals surface area contributed by atoms with Gasteiger partial charge in [-0.15, -0.1) is 0 Å². The molecule has 2 aromatic rings. The van der Waals surface area contributed by atoms with E-state index in [2.05, 4.69) is 9.97 Å². The van der Waals surface area contributed by atoms with Crippen molar-refractivity contribution >= 4 is 5.91 Å². The van der Waals surface area contributed by atoms with Crippen LogP contribution in [0.3, 0.4) is 0 Å². The molecule has 5 heteroatoms. The molecule has 1 aliphatic heterocycles. The first-order valence-corrected chi connectivity index (χ1v) is 7.00. The third-order valence-corrected chi connectivity index (χ3v) is 3.89. The molecule has 0 aliphatic carbocycles. The number of aromatic nitrogens is 2. The van der Waals surface area contributed by atoms with Crippen molar-refractivity contribution in [3.63, 3.8) is 0 Å². The van der Waals surface area contributed by atoms with Gasteiger partial charge in [-0.05, 0) is 32.8 Å². The minimum Gasteiger partial charge on any atom is -0.466 e. The second kappa shape index (κ2) is 5.15. The molecule has 0 aromatic carbocycles. The predicted octanol–water partition coefficient (Wildman–Crippen LogP) is 2.64. The van der Waals surface area contributed by atoms with Crippen LogP contribution in [-0.4, -0.2) is 33.9 Å². The van der Waals surface area contributed by atoms with Crippen LogP contribution in [0.2, 0.25) is 0 Å². The topological polar surface area (TPSA) is 62.1 Å². The van der Waals surface area contributed by atoms with Crippen LogP contribution < -0.4 is 0 Å². The molecule has 3 heterocycles. The summed E-state index contributed by atoms with van der Waals surface area (Å²) in [7, 11) is 0. The van der Waals surface area contributed by atoms with Crippen LogP contribution in [0.5, 0.6) is 0 Å². The third-order valence-electron chi connectivity index (χ3n) is 3.89. The first kappa shape index (κ1) is 13.0. The fourth-order valence-corrected chi connectivity index (χ4v) is 2.90. The number of rotatable bonds is 2. The van der Waals surface area contributed by atoms with E-state index in [1.54, 1.807) is 6.20 Å². The number of carbonyl (C=O) groups is 1. The van der Waals surface area contributed by atoms with Gasteiger partial charge in [-0.2, -0.15) is 0 Å². The normalized spacial score (nSPS) is 19.3. The van der Waals surface area contributed by atoms with E-state index < -0.39 is 0 Å². The summed E-state index contributed by atoms with van der Waals surface area (Å²) in [6, 6.07) is 1.83. The molecule has 0 saturated carbocycles. The number of furan rings is 1. The highest BCUT2D eigenvalue weighted by Crippen LogP contribution is 2.26. The Kier molecular flexibility index (Phi) is 3.34. The van der Waals surface area contributed by atoms with Gasteiger partial charge in [-0.3, -0.25) is 4.79 Å². The lowest BCUT2D eigenvalue weighted by molar-refractivity contribution is 0.0703. The van der Waals surface area contributed by atoms with E-state index in [9.17, 15) is 4.79 Å². The lowest BCUT2D eigenvalue weighted by Gasteiger charge is -2.31. The molecule has 1 amide bonds. The van der Waals surface area contributed by atoms with Crippen molar-refractivity contribution in [2.75, 3.05) is 13.1 Å². The molecule has 0 bridgehead atoms. The molecular formula is C15H19N3O2. The largest absolute Gasteiger partial charge is 0.466 e. The highest BCUT2D eigenvalue weighted by molar-refractivity contribution is 5.95. The van der Waals surface area contributed by atoms with E-state index in [1.165, 1.54) is 0 Å². The molecule has 1 fully saturated rings. The smallest absolute Gasteiger partial charge is 0.257 e. The van der Waals surface area contributed by atoms with Crippen LogP contribution in [0, 0.1) is 13.8 Å². The number of H-pyrrole nitrogens is 1. The fourth-order valence-electron chi connectivity index (χ4n) is 2.90. The van der Waals surface area contributed by atoms with Gasteiger partial charge in [0.05, 0.1) is 5.56 Å².